The summed E-state index contributed by atoms with van der Waals surface area (Å²) in [6, 6.07) is 10.00. The molecule has 6 rings (SSSR count). The van der Waals surface area contributed by atoms with E-state index in [4.69, 9.17) is 9.97 Å². The number of anilines is 1. The fraction of sp³-hybridized carbons (Fsp3) is 0.613. The largest absolute Gasteiger partial charge is 0.393 e. The third-order valence-corrected chi connectivity index (χ3v) is 9.47. The van der Waals surface area contributed by atoms with Crippen LogP contribution in [-0.2, 0) is 6.42 Å². The van der Waals surface area contributed by atoms with E-state index in [0.717, 1.165) is 54.5 Å². The summed E-state index contributed by atoms with van der Waals surface area (Å²) in [5.41, 5.74) is 4.91. The summed E-state index contributed by atoms with van der Waals surface area (Å²) in [6.45, 7) is 4.70. The molecule has 2 aliphatic carbocycles. The Kier molecular flexibility index (Phi) is 7.22. The van der Waals surface area contributed by atoms with Crippen LogP contribution in [0.25, 0.3) is 22.2 Å². The molecule has 1 aromatic carbocycles. The van der Waals surface area contributed by atoms with Gasteiger partial charge in [-0.2, -0.15) is 4.98 Å². The van der Waals surface area contributed by atoms with Gasteiger partial charge in [0.05, 0.1) is 6.10 Å². The van der Waals surface area contributed by atoms with E-state index in [-0.39, 0.29) is 6.10 Å². The van der Waals surface area contributed by atoms with E-state index in [2.05, 4.69) is 59.2 Å². The molecule has 0 radical (unpaired) electrons. The Morgan fingerprint density at radius 1 is 1.00 bits per heavy atom. The van der Waals surface area contributed by atoms with E-state index in [9.17, 15) is 5.11 Å². The van der Waals surface area contributed by atoms with Crippen LogP contribution in [0.4, 0.5) is 5.95 Å². The van der Waals surface area contributed by atoms with Gasteiger partial charge in [-0.15, -0.1) is 0 Å². The molecule has 2 saturated carbocycles. The first kappa shape index (κ1) is 24.9. The van der Waals surface area contributed by atoms with Crippen molar-refractivity contribution in [3.63, 3.8) is 0 Å². The number of aliphatic hydroxyl groups is 1. The summed E-state index contributed by atoms with van der Waals surface area (Å²) >= 11 is 0. The van der Waals surface area contributed by atoms with Crippen molar-refractivity contribution < 1.29 is 5.11 Å². The third-order valence-electron chi connectivity index (χ3n) is 9.47. The first-order valence-electron chi connectivity index (χ1n) is 14.6. The molecule has 2 aromatic heterocycles. The van der Waals surface area contributed by atoms with Crippen molar-refractivity contribution in [1.29, 1.82) is 0 Å². The summed E-state index contributed by atoms with van der Waals surface area (Å²) in [5, 5.41) is 14.8. The molecule has 3 aromatic rings. The minimum Gasteiger partial charge on any atom is -0.393 e. The van der Waals surface area contributed by atoms with Gasteiger partial charge in [0, 0.05) is 35.4 Å². The number of piperidine rings is 1. The number of nitrogens with one attached hydrogen (secondary N) is 1. The van der Waals surface area contributed by atoms with E-state index in [1.807, 2.05) is 6.20 Å². The van der Waals surface area contributed by atoms with E-state index >= 15 is 0 Å². The van der Waals surface area contributed by atoms with Crippen molar-refractivity contribution in [3.8, 4) is 11.1 Å². The Morgan fingerprint density at radius 2 is 1.73 bits per heavy atom. The highest BCUT2D eigenvalue weighted by Gasteiger charge is 2.26. The molecule has 3 fully saturated rings. The number of nitrogens with zero attached hydrogens (tertiary/aromatic N) is 4. The van der Waals surface area contributed by atoms with Crippen LogP contribution in [0.2, 0.25) is 0 Å². The maximum Gasteiger partial charge on any atom is 0.224 e. The molecule has 0 bridgehead atoms. The molecule has 0 amide bonds. The van der Waals surface area contributed by atoms with Gasteiger partial charge in [-0.1, -0.05) is 30.7 Å². The Bertz CT molecular complexity index is 1180. The highest BCUT2D eigenvalue weighted by Crippen LogP contribution is 2.37. The van der Waals surface area contributed by atoms with Crippen LogP contribution in [0.3, 0.4) is 0 Å². The molecule has 2 N–H and O–H groups in total. The van der Waals surface area contributed by atoms with Gasteiger partial charge in [0.25, 0.3) is 0 Å². The summed E-state index contributed by atoms with van der Waals surface area (Å²) in [5.74, 6) is 2.27. The van der Waals surface area contributed by atoms with Crippen LogP contribution in [0.15, 0.2) is 36.7 Å². The molecule has 198 valence electrons. The van der Waals surface area contributed by atoms with E-state index in [1.165, 1.54) is 68.3 Å². The monoisotopic (exact) mass is 501 g/mol. The van der Waals surface area contributed by atoms with Gasteiger partial charge >= 0.3 is 0 Å². The van der Waals surface area contributed by atoms with Crippen LogP contribution < -0.4 is 5.32 Å². The number of aliphatic hydroxyl groups excluding tert-OH is 1. The Morgan fingerprint density at radius 3 is 2.41 bits per heavy atom. The van der Waals surface area contributed by atoms with Gasteiger partial charge in [0.2, 0.25) is 5.95 Å². The molecule has 3 heterocycles. The van der Waals surface area contributed by atoms with Gasteiger partial charge in [-0.05, 0) is 108 Å². The molecule has 1 atom stereocenters. The number of hydrogen-bond donors (Lipinski definition) is 2. The summed E-state index contributed by atoms with van der Waals surface area (Å²) in [7, 11) is 2.23. The predicted octanol–water partition coefficient (Wildman–Crippen LogP) is 6.06. The normalized spacial score (nSPS) is 24.7. The lowest BCUT2D eigenvalue weighted by Crippen LogP contribution is -2.31. The summed E-state index contributed by atoms with van der Waals surface area (Å²) in [4.78, 5) is 12.3. The van der Waals surface area contributed by atoms with Crippen LogP contribution in [0.5, 0.6) is 0 Å². The fourth-order valence-corrected chi connectivity index (χ4v) is 6.62. The van der Waals surface area contributed by atoms with E-state index in [0.29, 0.717) is 12.1 Å². The molecule has 3 aliphatic rings. The number of rotatable bonds is 7. The topological polar surface area (TPSA) is 66.2 Å². The second kappa shape index (κ2) is 10.7. The van der Waals surface area contributed by atoms with Crippen molar-refractivity contribution in [1.82, 2.24) is 19.4 Å². The Balaban J connectivity index is 1.28. The standard InChI is InChI=1S/C31H43N5O/c1-21(24-4-3-5-24)33-31-32-19-28-29(20-36(30(28)34-31)26-10-12-27(37)13-11-26)25-8-6-22(7-9-25)18-23-14-16-35(2)17-15-23/h6-9,19-21,23-24,26-27,37H,3-5,10-18H2,1-2H3,(H,32,33,34). The molecule has 1 aliphatic heterocycles. The maximum atomic E-state index is 10.1. The molecule has 6 heteroatoms. The van der Waals surface area contributed by atoms with Crippen LogP contribution in [0, 0.1) is 11.8 Å². The van der Waals surface area contributed by atoms with Gasteiger partial charge in [0.15, 0.2) is 0 Å². The van der Waals surface area contributed by atoms with Crippen molar-refractivity contribution in [2.45, 2.75) is 89.3 Å². The SMILES string of the molecule is CC(Nc1ncc2c(-c3ccc(CC4CCN(C)CC4)cc3)cn(C3CCC(O)CC3)c2n1)C1CCC1. The van der Waals surface area contributed by atoms with E-state index in [1.54, 1.807) is 0 Å². The molecular weight excluding hydrogens is 458 g/mol. The van der Waals surface area contributed by atoms with Crippen LogP contribution in [0.1, 0.15) is 76.3 Å². The zero-order valence-electron chi connectivity index (χ0n) is 22.6. The lowest BCUT2D eigenvalue weighted by Gasteiger charge is -2.31. The zero-order valence-corrected chi connectivity index (χ0v) is 22.6. The maximum absolute atomic E-state index is 10.1. The highest BCUT2D eigenvalue weighted by molar-refractivity contribution is 5.94. The number of likely N-dealkylation sites (tertiary alicyclic amines) is 1. The average molecular weight is 502 g/mol. The van der Waals surface area contributed by atoms with Crippen molar-refractivity contribution in [3.05, 3.63) is 42.2 Å². The van der Waals surface area contributed by atoms with E-state index < -0.39 is 0 Å². The van der Waals surface area contributed by atoms with Crippen molar-refractivity contribution in [2.24, 2.45) is 11.8 Å². The summed E-state index contributed by atoms with van der Waals surface area (Å²) in [6.07, 6.45) is 15.6. The third kappa shape index (κ3) is 5.42. The predicted molar refractivity (Wildman–Crippen MR) is 151 cm³/mol. The lowest BCUT2D eigenvalue weighted by atomic mass is 9.80. The van der Waals surface area contributed by atoms with Crippen LogP contribution in [-0.4, -0.2) is 56.8 Å². The van der Waals surface area contributed by atoms with Gasteiger partial charge in [-0.3, -0.25) is 0 Å². The average Bonchev–Trinajstić information content (AvgIpc) is 3.24. The second-order valence-corrected chi connectivity index (χ2v) is 12.1. The Hall–Kier alpha value is -2.44. The first-order chi connectivity index (χ1) is 18.0. The van der Waals surface area contributed by atoms with Crippen molar-refractivity contribution >= 4 is 17.0 Å². The molecule has 6 nitrogen and oxygen atoms in total. The quantitative estimate of drug-likeness (QED) is 0.412. The minimum atomic E-state index is -0.162. The molecular formula is C31H43N5O. The van der Waals surface area contributed by atoms with Gasteiger partial charge < -0.3 is 19.9 Å². The number of fused-ring (bicyclic) bond motifs is 1. The number of aromatic nitrogens is 3. The first-order valence-corrected chi connectivity index (χ1v) is 14.6. The number of benzene rings is 1. The van der Waals surface area contributed by atoms with Gasteiger partial charge in [0.1, 0.15) is 5.65 Å². The van der Waals surface area contributed by atoms with Crippen molar-refractivity contribution in [2.75, 3.05) is 25.5 Å². The van der Waals surface area contributed by atoms with Gasteiger partial charge in [-0.25, -0.2) is 4.98 Å². The molecule has 1 saturated heterocycles. The minimum absolute atomic E-state index is 0.162. The molecule has 1 unspecified atom stereocenters. The highest BCUT2D eigenvalue weighted by atomic mass is 16.3. The Labute approximate surface area is 221 Å². The lowest BCUT2D eigenvalue weighted by molar-refractivity contribution is 0.111. The van der Waals surface area contributed by atoms with Crippen LogP contribution >= 0.6 is 0 Å². The summed E-state index contributed by atoms with van der Waals surface area (Å²) < 4.78 is 2.38. The molecule has 0 spiro atoms. The number of hydrogen-bond acceptors (Lipinski definition) is 5. The zero-order chi connectivity index (χ0) is 25.4. The fourth-order valence-electron chi connectivity index (χ4n) is 6.62. The molecule has 37 heavy (non-hydrogen) atoms. The second-order valence-electron chi connectivity index (χ2n) is 12.1. The smallest absolute Gasteiger partial charge is 0.224 e.